The van der Waals surface area contributed by atoms with Gasteiger partial charge in [-0.1, -0.05) is 0 Å². The molecule has 0 amide bonds. The van der Waals surface area contributed by atoms with Crippen molar-refractivity contribution in [2.45, 2.75) is 70.6 Å². The summed E-state index contributed by atoms with van der Waals surface area (Å²) in [6.45, 7) is 6.43. The van der Waals surface area contributed by atoms with Gasteiger partial charge in [0.1, 0.15) is 12.4 Å². The van der Waals surface area contributed by atoms with Crippen LogP contribution in [0.1, 0.15) is 53.4 Å². The van der Waals surface area contributed by atoms with E-state index in [9.17, 15) is 20.1 Å². The van der Waals surface area contributed by atoms with Gasteiger partial charge in [-0.25, -0.2) is 0 Å². The second kappa shape index (κ2) is 10.5. The number of nitriles is 2. The lowest BCUT2D eigenvalue weighted by atomic mass is 9.97. The Bertz CT molecular complexity index is 578. The summed E-state index contributed by atoms with van der Waals surface area (Å²) in [5.41, 5.74) is -2.43. The van der Waals surface area contributed by atoms with Gasteiger partial charge in [0.25, 0.3) is 0 Å². The molecule has 0 aromatic rings. The molecular weight excluding hydrogens is 324 g/mol. The molecule has 0 bridgehead atoms. The van der Waals surface area contributed by atoms with Crippen LogP contribution < -0.4 is 0 Å². The first-order valence-corrected chi connectivity index (χ1v) is 8.04. The largest absolute Gasteiger partial charge is 0.463 e. The van der Waals surface area contributed by atoms with E-state index in [1.807, 2.05) is 12.1 Å². The first-order chi connectivity index (χ1) is 11.6. The van der Waals surface area contributed by atoms with E-state index >= 15 is 0 Å². The molecule has 8 heteroatoms. The van der Waals surface area contributed by atoms with Gasteiger partial charge in [0.2, 0.25) is 0 Å². The third kappa shape index (κ3) is 9.53. The number of carbonyl (C=O) groups excluding carboxylic acids is 2. The molecule has 0 radical (unpaired) electrons. The predicted octanol–water partition coefficient (Wildman–Crippen LogP) is 2.73. The van der Waals surface area contributed by atoms with Gasteiger partial charge < -0.3 is 14.3 Å². The second-order valence-electron chi connectivity index (χ2n) is 6.40. The van der Waals surface area contributed by atoms with Gasteiger partial charge in [0.05, 0.1) is 18.2 Å². The van der Waals surface area contributed by atoms with Crippen LogP contribution in [0.3, 0.4) is 0 Å². The summed E-state index contributed by atoms with van der Waals surface area (Å²) in [4.78, 5) is 22.8. The number of hydrogen-bond donors (Lipinski definition) is 0. The van der Waals surface area contributed by atoms with E-state index in [1.165, 1.54) is 21.0 Å². The monoisotopic (exact) mass is 350 g/mol. The smallest absolute Gasteiger partial charge is 0.306 e. The Kier molecular flexibility index (Phi) is 9.55. The number of ketones is 1. The SMILES string of the molecule is COC(C)COC(=O)CCC(C)(C#N)N=NC(C)(C#N)CCC(C)=O. The minimum Gasteiger partial charge on any atom is -0.463 e. The number of Topliss-reactive ketones (excluding diaryl/α,β-unsaturated/α-hetero) is 1. The molecule has 0 N–H and O–H groups in total. The van der Waals surface area contributed by atoms with Crippen molar-refractivity contribution in [1.29, 1.82) is 10.5 Å². The normalized spacial score (nSPS) is 16.9. The van der Waals surface area contributed by atoms with E-state index in [1.54, 1.807) is 13.8 Å². The van der Waals surface area contributed by atoms with Crippen LogP contribution >= 0.6 is 0 Å². The van der Waals surface area contributed by atoms with Crippen LogP contribution in [0.4, 0.5) is 0 Å². The lowest BCUT2D eigenvalue weighted by molar-refractivity contribution is -0.147. The van der Waals surface area contributed by atoms with Crippen molar-refractivity contribution in [2.75, 3.05) is 13.7 Å². The van der Waals surface area contributed by atoms with E-state index in [0.29, 0.717) is 0 Å². The molecule has 0 aliphatic heterocycles. The highest BCUT2D eigenvalue weighted by molar-refractivity contribution is 5.75. The third-order valence-corrected chi connectivity index (χ3v) is 3.63. The molecule has 0 heterocycles. The topological polar surface area (TPSA) is 125 Å². The van der Waals surface area contributed by atoms with Gasteiger partial charge in [-0.2, -0.15) is 20.8 Å². The first-order valence-electron chi connectivity index (χ1n) is 8.04. The van der Waals surface area contributed by atoms with E-state index in [2.05, 4.69) is 10.2 Å². The van der Waals surface area contributed by atoms with E-state index in [-0.39, 0.29) is 44.2 Å². The molecule has 3 unspecified atom stereocenters. The maximum absolute atomic E-state index is 11.7. The highest BCUT2D eigenvalue weighted by atomic mass is 16.6. The Labute approximate surface area is 148 Å². The fourth-order valence-electron chi connectivity index (χ4n) is 1.59. The van der Waals surface area contributed by atoms with Gasteiger partial charge >= 0.3 is 5.97 Å². The third-order valence-electron chi connectivity index (χ3n) is 3.63. The van der Waals surface area contributed by atoms with Crippen LogP contribution in [0.2, 0.25) is 0 Å². The van der Waals surface area contributed by atoms with Crippen LogP contribution in [-0.2, 0) is 19.1 Å². The number of esters is 1. The van der Waals surface area contributed by atoms with Gasteiger partial charge in [-0.15, -0.1) is 0 Å². The molecule has 0 aliphatic carbocycles. The standard InChI is InChI=1S/C17H26N4O4/c1-13(22)6-8-16(3,11-18)20-21-17(4,12-19)9-7-15(23)25-10-14(2)24-5/h14H,6-10H2,1-5H3. The number of methoxy groups -OCH3 is 1. The molecule has 0 aromatic carbocycles. The summed E-state index contributed by atoms with van der Waals surface area (Å²) in [6, 6.07) is 4.01. The summed E-state index contributed by atoms with van der Waals surface area (Å²) in [6.07, 6.45) is 0.331. The molecule has 0 saturated heterocycles. The summed E-state index contributed by atoms with van der Waals surface area (Å²) in [5.74, 6) is -0.507. The molecule has 25 heavy (non-hydrogen) atoms. The molecule has 0 aliphatic rings. The average Bonchev–Trinajstić information content (AvgIpc) is 2.60. The number of ether oxygens (including phenoxy) is 2. The van der Waals surface area contributed by atoms with Crippen molar-refractivity contribution in [3.05, 3.63) is 0 Å². The highest BCUT2D eigenvalue weighted by Gasteiger charge is 2.29. The molecule has 0 saturated carbocycles. The first kappa shape index (κ1) is 22.7. The van der Waals surface area contributed by atoms with Crippen LogP contribution in [0, 0.1) is 22.7 Å². The number of rotatable bonds is 11. The van der Waals surface area contributed by atoms with Crippen LogP contribution in [0.25, 0.3) is 0 Å². The maximum atomic E-state index is 11.7. The van der Waals surface area contributed by atoms with Gasteiger partial charge in [0, 0.05) is 20.0 Å². The molecule has 8 nitrogen and oxygen atoms in total. The van der Waals surface area contributed by atoms with E-state index in [4.69, 9.17) is 9.47 Å². The Morgan fingerprint density at radius 1 is 1.08 bits per heavy atom. The van der Waals surface area contributed by atoms with Crippen molar-refractivity contribution in [2.24, 2.45) is 10.2 Å². The fourth-order valence-corrected chi connectivity index (χ4v) is 1.59. The van der Waals surface area contributed by atoms with Gasteiger partial charge in [-0.3, -0.25) is 4.79 Å². The minimum absolute atomic E-state index is 0.00374. The zero-order valence-corrected chi connectivity index (χ0v) is 15.5. The Balaban J connectivity index is 4.76. The quantitative estimate of drug-likeness (QED) is 0.416. The molecular formula is C17H26N4O4. The second-order valence-corrected chi connectivity index (χ2v) is 6.40. The van der Waals surface area contributed by atoms with Crippen molar-refractivity contribution < 1.29 is 19.1 Å². The molecule has 0 fully saturated rings. The lowest BCUT2D eigenvalue weighted by Gasteiger charge is -2.19. The van der Waals surface area contributed by atoms with Crippen molar-refractivity contribution in [1.82, 2.24) is 0 Å². The average molecular weight is 350 g/mol. The van der Waals surface area contributed by atoms with E-state index in [0.717, 1.165) is 0 Å². The van der Waals surface area contributed by atoms with E-state index < -0.39 is 17.0 Å². The Hall–Kier alpha value is -2.32. The summed E-state index contributed by atoms with van der Waals surface area (Å²) < 4.78 is 10.0. The number of azo groups is 1. The van der Waals surface area contributed by atoms with Crippen molar-refractivity contribution >= 4 is 11.8 Å². The highest BCUT2D eigenvalue weighted by Crippen LogP contribution is 2.23. The van der Waals surface area contributed by atoms with Crippen molar-refractivity contribution in [3.63, 3.8) is 0 Å². The van der Waals surface area contributed by atoms with Crippen LogP contribution in [0.5, 0.6) is 0 Å². The predicted molar refractivity (Wildman–Crippen MR) is 89.5 cm³/mol. The molecule has 0 aromatic heterocycles. The number of nitrogens with zero attached hydrogens (tertiary/aromatic N) is 4. The van der Waals surface area contributed by atoms with Gasteiger partial charge in [-0.05, 0) is 40.5 Å². The summed E-state index contributed by atoms with van der Waals surface area (Å²) in [5, 5.41) is 26.5. The van der Waals surface area contributed by atoms with Crippen LogP contribution in [-0.4, -0.2) is 42.7 Å². The number of carbonyl (C=O) groups is 2. The number of hydrogen-bond acceptors (Lipinski definition) is 8. The molecule has 0 rings (SSSR count). The van der Waals surface area contributed by atoms with Crippen LogP contribution in [0.15, 0.2) is 10.2 Å². The Morgan fingerprint density at radius 2 is 1.56 bits per heavy atom. The lowest BCUT2D eigenvalue weighted by Crippen LogP contribution is -2.25. The fraction of sp³-hybridized carbons (Fsp3) is 0.765. The van der Waals surface area contributed by atoms with Gasteiger partial charge in [0.15, 0.2) is 11.1 Å². The summed E-state index contributed by atoms with van der Waals surface area (Å²) >= 11 is 0. The van der Waals surface area contributed by atoms with Crippen molar-refractivity contribution in [3.8, 4) is 12.1 Å². The zero-order chi connectivity index (χ0) is 19.5. The minimum atomic E-state index is -1.25. The summed E-state index contributed by atoms with van der Waals surface area (Å²) in [7, 11) is 1.52. The zero-order valence-electron chi connectivity index (χ0n) is 15.5. The Morgan fingerprint density at radius 3 is 1.96 bits per heavy atom. The molecule has 3 atom stereocenters. The molecule has 138 valence electrons. The molecule has 0 spiro atoms. The maximum Gasteiger partial charge on any atom is 0.306 e.